The van der Waals surface area contributed by atoms with Crippen LogP contribution in [0.15, 0.2) is 66.7 Å². The molecule has 182 valence electrons. The largest absolute Gasteiger partial charge is 0.449 e. The van der Waals surface area contributed by atoms with Crippen LogP contribution in [0.4, 0.5) is 18.9 Å². The average Bonchev–Trinajstić information content (AvgIpc) is 2.87. The number of benzene rings is 3. The smallest absolute Gasteiger partial charge is 0.339 e. The van der Waals surface area contributed by atoms with Gasteiger partial charge in [0.2, 0.25) is 5.91 Å². The summed E-state index contributed by atoms with van der Waals surface area (Å²) >= 11 is 0. The lowest BCUT2D eigenvalue weighted by Gasteiger charge is -2.15. The van der Waals surface area contributed by atoms with E-state index in [4.69, 9.17) is 4.74 Å². The number of nitrogens with one attached hydrogen (secondary N) is 2. The van der Waals surface area contributed by atoms with E-state index in [1.807, 2.05) is 47.8 Å². The van der Waals surface area contributed by atoms with E-state index in [1.165, 1.54) is 6.92 Å². The molecule has 0 heterocycles. The Kier molecular flexibility index (Phi) is 8.61. The molecule has 0 aliphatic rings. The van der Waals surface area contributed by atoms with Crippen LogP contribution in [0.5, 0.6) is 0 Å². The summed E-state index contributed by atoms with van der Waals surface area (Å²) in [5.74, 6) is -7.01. The van der Waals surface area contributed by atoms with Crippen molar-refractivity contribution in [2.75, 3.05) is 11.9 Å². The minimum absolute atomic E-state index is 0.328. The van der Waals surface area contributed by atoms with Crippen LogP contribution in [0.1, 0.15) is 28.4 Å². The van der Waals surface area contributed by atoms with Crippen LogP contribution >= 0.6 is 0 Å². The van der Waals surface area contributed by atoms with Gasteiger partial charge in [0, 0.05) is 0 Å². The highest BCUT2D eigenvalue weighted by Crippen LogP contribution is 2.19. The van der Waals surface area contributed by atoms with Crippen LogP contribution in [0.25, 0.3) is 0 Å². The van der Waals surface area contributed by atoms with E-state index in [-0.39, 0.29) is 0 Å². The van der Waals surface area contributed by atoms with Crippen molar-refractivity contribution in [1.82, 2.24) is 5.32 Å². The molecule has 0 radical (unpaired) electrons. The molecule has 35 heavy (non-hydrogen) atoms. The van der Waals surface area contributed by atoms with Crippen molar-refractivity contribution >= 4 is 23.5 Å². The van der Waals surface area contributed by atoms with Gasteiger partial charge in [-0.05, 0) is 49.1 Å². The van der Waals surface area contributed by atoms with Gasteiger partial charge in [0.05, 0.1) is 17.8 Å². The van der Waals surface area contributed by atoms with E-state index in [0.717, 1.165) is 23.6 Å². The molecule has 6 nitrogen and oxygen atoms in total. The first-order valence-electron chi connectivity index (χ1n) is 10.8. The zero-order valence-electron chi connectivity index (χ0n) is 18.8. The molecule has 0 spiro atoms. The second kappa shape index (κ2) is 11.8. The van der Waals surface area contributed by atoms with Gasteiger partial charge in [-0.2, -0.15) is 0 Å². The minimum atomic E-state index is -1.73. The van der Waals surface area contributed by atoms with E-state index >= 15 is 0 Å². The number of aryl methyl sites for hydroxylation is 2. The van der Waals surface area contributed by atoms with E-state index in [0.29, 0.717) is 18.1 Å². The number of amides is 2. The highest BCUT2D eigenvalue weighted by molar-refractivity contribution is 5.96. The number of hydrogen-bond donors (Lipinski definition) is 2. The molecular formula is C26H23F3N2O4. The lowest BCUT2D eigenvalue weighted by molar-refractivity contribution is -0.130. The fourth-order valence-electron chi connectivity index (χ4n) is 3.27. The lowest BCUT2D eigenvalue weighted by Crippen LogP contribution is -2.40. The summed E-state index contributed by atoms with van der Waals surface area (Å²) < 4.78 is 45.2. The molecule has 0 fully saturated rings. The van der Waals surface area contributed by atoms with Gasteiger partial charge in [-0.15, -0.1) is 0 Å². The summed E-state index contributed by atoms with van der Waals surface area (Å²) in [5.41, 5.74) is 1.64. The Labute approximate surface area is 200 Å². The number of hydrogen-bond acceptors (Lipinski definition) is 4. The number of carbonyl (C=O) groups is 3. The van der Waals surface area contributed by atoms with E-state index < -0.39 is 53.6 Å². The Morgan fingerprint density at radius 1 is 0.857 bits per heavy atom. The van der Waals surface area contributed by atoms with E-state index in [2.05, 4.69) is 5.32 Å². The number of anilines is 1. The van der Waals surface area contributed by atoms with Gasteiger partial charge in [0.25, 0.3) is 5.91 Å². The summed E-state index contributed by atoms with van der Waals surface area (Å²) in [6.45, 7) is 0.736. The maximum Gasteiger partial charge on any atom is 0.339 e. The topological polar surface area (TPSA) is 84.5 Å². The molecule has 0 aliphatic heterocycles. The number of carbonyl (C=O) groups excluding carboxylic acids is 3. The number of rotatable bonds is 9. The SMILES string of the molecule is CC(OC(=O)c1ccccc1CCc1ccccc1)C(=O)NCC(=O)Nc1ccc(F)c(F)c1F. The molecule has 2 amide bonds. The molecule has 9 heteroatoms. The molecule has 0 saturated heterocycles. The Morgan fingerprint density at radius 2 is 1.54 bits per heavy atom. The van der Waals surface area contributed by atoms with E-state index in [1.54, 1.807) is 12.1 Å². The van der Waals surface area contributed by atoms with Crippen molar-refractivity contribution in [1.29, 1.82) is 0 Å². The van der Waals surface area contributed by atoms with Crippen molar-refractivity contribution < 1.29 is 32.3 Å². The van der Waals surface area contributed by atoms with Crippen molar-refractivity contribution in [3.63, 3.8) is 0 Å². The molecule has 0 saturated carbocycles. The fraction of sp³-hybridized carbons (Fsp3) is 0.192. The second-order valence-electron chi connectivity index (χ2n) is 7.68. The zero-order valence-corrected chi connectivity index (χ0v) is 18.8. The second-order valence-corrected chi connectivity index (χ2v) is 7.68. The molecule has 0 bridgehead atoms. The fourth-order valence-corrected chi connectivity index (χ4v) is 3.27. The molecule has 3 aromatic rings. The molecule has 0 aromatic heterocycles. The lowest BCUT2D eigenvalue weighted by atomic mass is 10.00. The first-order chi connectivity index (χ1) is 16.8. The quantitative estimate of drug-likeness (QED) is 0.352. The molecule has 2 N–H and O–H groups in total. The van der Waals surface area contributed by atoms with Gasteiger partial charge < -0.3 is 15.4 Å². The first kappa shape index (κ1) is 25.5. The van der Waals surface area contributed by atoms with Crippen LogP contribution in [0.2, 0.25) is 0 Å². The monoisotopic (exact) mass is 484 g/mol. The van der Waals surface area contributed by atoms with E-state index in [9.17, 15) is 27.6 Å². The number of ether oxygens (including phenoxy) is 1. The van der Waals surface area contributed by atoms with Crippen molar-refractivity contribution in [3.8, 4) is 0 Å². The third-order valence-electron chi connectivity index (χ3n) is 5.15. The van der Waals surface area contributed by atoms with Crippen LogP contribution in [0.3, 0.4) is 0 Å². The summed E-state index contributed by atoms with van der Waals surface area (Å²) in [6, 6.07) is 18.2. The number of esters is 1. The van der Waals surface area contributed by atoms with Crippen LogP contribution in [-0.2, 0) is 27.2 Å². The summed E-state index contributed by atoms with van der Waals surface area (Å²) in [5, 5.41) is 4.28. The minimum Gasteiger partial charge on any atom is -0.449 e. The summed E-state index contributed by atoms with van der Waals surface area (Å²) in [7, 11) is 0. The number of halogens is 3. The predicted octanol–water partition coefficient (Wildman–Crippen LogP) is 4.19. The highest BCUT2D eigenvalue weighted by atomic mass is 19.2. The van der Waals surface area contributed by atoms with Gasteiger partial charge in [-0.25, -0.2) is 18.0 Å². The van der Waals surface area contributed by atoms with Crippen LogP contribution in [-0.4, -0.2) is 30.4 Å². The Morgan fingerprint density at radius 3 is 2.29 bits per heavy atom. The zero-order chi connectivity index (χ0) is 25.4. The van der Waals surface area contributed by atoms with Crippen LogP contribution in [0, 0.1) is 17.5 Å². The first-order valence-corrected chi connectivity index (χ1v) is 10.8. The molecular weight excluding hydrogens is 461 g/mol. The summed E-state index contributed by atoms with van der Waals surface area (Å²) in [6.07, 6.45) is 0.0864. The van der Waals surface area contributed by atoms with Crippen molar-refractivity contribution in [2.24, 2.45) is 0 Å². The Hall–Kier alpha value is -4.14. The molecule has 1 atom stereocenters. The molecule has 3 aromatic carbocycles. The normalized spacial score (nSPS) is 11.4. The standard InChI is InChI=1S/C26H23F3N2O4/c1-16(25(33)30-15-22(32)31-21-14-13-20(27)23(28)24(21)29)35-26(34)19-10-6-5-9-18(19)12-11-17-7-3-2-4-8-17/h2-10,13-14,16H,11-12,15H2,1H3,(H,30,33)(H,31,32). The maximum absolute atomic E-state index is 13.7. The molecule has 0 aliphatic carbocycles. The van der Waals surface area contributed by atoms with Gasteiger partial charge in [0.1, 0.15) is 0 Å². The highest BCUT2D eigenvalue weighted by Gasteiger charge is 2.22. The van der Waals surface area contributed by atoms with Crippen LogP contribution < -0.4 is 10.6 Å². The Balaban J connectivity index is 1.53. The Bertz CT molecular complexity index is 1220. The molecule has 1 unspecified atom stereocenters. The average molecular weight is 484 g/mol. The van der Waals surface area contributed by atoms with Gasteiger partial charge in [-0.3, -0.25) is 9.59 Å². The predicted molar refractivity (Wildman–Crippen MR) is 123 cm³/mol. The third-order valence-corrected chi connectivity index (χ3v) is 5.15. The van der Waals surface area contributed by atoms with Gasteiger partial charge >= 0.3 is 5.97 Å². The maximum atomic E-state index is 13.7. The third kappa shape index (κ3) is 6.92. The summed E-state index contributed by atoms with van der Waals surface area (Å²) in [4.78, 5) is 36.9. The van der Waals surface area contributed by atoms with Gasteiger partial charge in [-0.1, -0.05) is 48.5 Å². The van der Waals surface area contributed by atoms with Crippen molar-refractivity contribution in [3.05, 3.63) is 101 Å². The molecule has 3 rings (SSSR count). The van der Waals surface area contributed by atoms with Gasteiger partial charge in [0.15, 0.2) is 23.6 Å². The van der Waals surface area contributed by atoms with Crippen molar-refractivity contribution in [2.45, 2.75) is 25.9 Å².